The first-order valence-corrected chi connectivity index (χ1v) is 7.96. The van der Waals surface area contributed by atoms with Crippen LogP contribution in [0.25, 0.3) is 0 Å². The lowest BCUT2D eigenvalue weighted by Gasteiger charge is -2.21. The fourth-order valence-electron chi connectivity index (χ4n) is 2.38. The van der Waals surface area contributed by atoms with Gasteiger partial charge in [0.2, 0.25) is 11.8 Å². The fraction of sp³-hybridized carbons (Fsp3) is 0.688. The molecule has 0 aromatic carbocycles. The Bertz CT molecular complexity index is 562. The molecule has 1 unspecified atom stereocenters. The van der Waals surface area contributed by atoms with E-state index in [1.807, 2.05) is 20.8 Å². The van der Waals surface area contributed by atoms with Crippen molar-refractivity contribution in [3.05, 3.63) is 17.8 Å². The van der Waals surface area contributed by atoms with E-state index >= 15 is 0 Å². The van der Waals surface area contributed by atoms with Crippen LogP contribution in [-0.4, -0.2) is 46.0 Å². The highest BCUT2D eigenvalue weighted by atomic mass is 16.3. The van der Waals surface area contributed by atoms with Crippen LogP contribution in [0, 0.1) is 0 Å². The second-order valence-corrected chi connectivity index (χ2v) is 6.92. The molecular formula is C16H25N3O4. The summed E-state index contributed by atoms with van der Waals surface area (Å²) in [7, 11) is 0. The van der Waals surface area contributed by atoms with E-state index in [-0.39, 0.29) is 30.3 Å². The molecule has 1 aromatic rings. The van der Waals surface area contributed by atoms with E-state index in [9.17, 15) is 14.7 Å². The van der Waals surface area contributed by atoms with Crippen LogP contribution in [-0.2, 0) is 21.5 Å². The van der Waals surface area contributed by atoms with Crippen LogP contribution in [0.5, 0.6) is 0 Å². The fourth-order valence-corrected chi connectivity index (χ4v) is 2.38. The van der Waals surface area contributed by atoms with E-state index in [1.165, 1.54) is 4.90 Å². The summed E-state index contributed by atoms with van der Waals surface area (Å²) >= 11 is 0. The molecule has 1 aromatic heterocycles. The molecule has 0 spiro atoms. The normalized spacial score (nSPS) is 19.6. The number of nitrogens with one attached hydrogen (secondary N) is 1. The number of carbonyl (C=O) groups is 2. The standard InChI is InChI=1S/C16H25N3O4/c1-16(2,3)12-10-23-14(18-12)8-17-13(21)9-19-7-5-4-6-11(20)15(19)22/h10-11,20H,4-9H2,1-3H3,(H,17,21). The molecule has 23 heavy (non-hydrogen) atoms. The molecule has 0 bridgehead atoms. The van der Waals surface area contributed by atoms with Gasteiger partial charge in [-0.2, -0.15) is 0 Å². The van der Waals surface area contributed by atoms with Crippen molar-refractivity contribution in [1.82, 2.24) is 15.2 Å². The zero-order valence-corrected chi connectivity index (χ0v) is 14.0. The third-order valence-corrected chi connectivity index (χ3v) is 3.84. The lowest BCUT2D eigenvalue weighted by Crippen LogP contribution is -2.44. The second-order valence-electron chi connectivity index (χ2n) is 6.92. The number of aliphatic hydroxyl groups excluding tert-OH is 1. The first-order valence-electron chi connectivity index (χ1n) is 7.96. The summed E-state index contributed by atoms with van der Waals surface area (Å²) in [4.78, 5) is 29.7. The first-order chi connectivity index (χ1) is 10.8. The van der Waals surface area contributed by atoms with E-state index < -0.39 is 6.10 Å². The quantitative estimate of drug-likeness (QED) is 0.860. The summed E-state index contributed by atoms with van der Waals surface area (Å²) in [5.41, 5.74) is 0.716. The zero-order valence-electron chi connectivity index (χ0n) is 14.0. The Labute approximate surface area is 136 Å². The minimum absolute atomic E-state index is 0.0528. The topological polar surface area (TPSA) is 95.7 Å². The van der Waals surface area contributed by atoms with Gasteiger partial charge in [-0.05, 0) is 19.3 Å². The number of hydrogen-bond donors (Lipinski definition) is 2. The maximum Gasteiger partial charge on any atom is 0.251 e. The monoisotopic (exact) mass is 323 g/mol. The Morgan fingerprint density at radius 2 is 2.22 bits per heavy atom. The van der Waals surface area contributed by atoms with Gasteiger partial charge in [-0.1, -0.05) is 20.8 Å². The molecule has 1 saturated heterocycles. The summed E-state index contributed by atoms with van der Waals surface area (Å²) in [6.45, 7) is 6.72. The van der Waals surface area contributed by atoms with Crippen LogP contribution >= 0.6 is 0 Å². The number of likely N-dealkylation sites (tertiary alicyclic amines) is 1. The van der Waals surface area contributed by atoms with Gasteiger partial charge in [0.25, 0.3) is 5.91 Å². The number of rotatable bonds is 4. The Hall–Kier alpha value is -1.89. The zero-order chi connectivity index (χ0) is 17.0. The van der Waals surface area contributed by atoms with E-state index in [2.05, 4.69) is 10.3 Å². The van der Waals surface area contributed by atoms with Gasteiger partial charge in [-0.15, -0.1) is 0 Å². The molecule has 2 N–H and O–H groups in total. The summed E-state index contributed by atoms with van der Waals surface area (Å²) < 4.78 is 5.34. The molecular weight excluding hydrogens is 298 g/mol. The number of aliphatic hydroxyl groups is 1. The van der Waals surface area contributed by atoms with Gasteiger partial charge in [0, 0.05) is 12.0 Å². The molecule has 1 aliphatic heterocycles. The Morgan fingerprint density at radius 1 is 1.48 bits per heavy atom. The average Bonchev–Trinajstić information content (AvgIpc) is 2.90. The number of aromatic nitrogens is 1. The predicted molar refractivity (Wildman–Crippen MR) is 83.5 cm³/mol. The molecule has 2 rings (SSSR count). The maximum atomic E-state index is 12.0. The molecule has 0 radical (unpaired) electrons. The van der Waals surface area contributed by atoms with Gasteiger partial charge in [-0.25, -0.2) is 4.98 Å². The maximum absolute atomic E-state index is 12.0. The molecule has 128 valence electrons. The van der Waals surface area contributed by atoms with Crippen molar-refractivity contribution in [2.24, 2.45) is 0 Å². The number of amides is 2. The SMILES string of the molecule is CC(C)(C)c1coc(CNC(=O)CN2CCCCC(O)C2=O)n1. The number of nitrogens with zero attached hydrogens (tertiary/aromatic N) is 2. The van der Waals surface area contributed by atoms with Crippen molar-refractivity contribution in [2.45, 2.75) is 58.1 Å². The van der Waals surface area contributed by atoms with Crippen LogP contribution in [0.15, 0.2) is 10.7 Å². The van der Waals surface area contributed by atoms with Crippen molar-refractivity contribution in [3.8, 4) is 0 Å². The lowest BCUT2D eigenvalue weighted by atomic mass is 9.93. The van der Waals surface area contributed by atoms with E-state index in [0.717, 1.165) is 18.5 Å². The molecule has 7 heteroatoms. The smallest absolute Gasteiger partial charge is 0.251 e. The second kappa shape index (κ2) is 7.12. The van der Waals surface area contributed by atoms with Crippen LogP contribution < -0.4 is 5.32 Å². The summed E-state index contributed by atoms with van der Waals surface area (Å²) in [6.07, 6.45) is 2.65. The molecule has 1 aliphatic rings. The Morgan fingerprint density at radius 3 is 2.87 bits per heavy atom. The summed E-state index contributed by atoms with van der Waals surface area (Å²) in [6, 6.07) is 0. The van der Waals surface area contributed by atoms with Crippen LogP contribution in [0.2, 0.25) is 0 Å². The van der Waals surface area contributed by atoms with Gasteiger partial charge >= 0.3 is 0 Å². The first kappa shape index (κ1) is 17.5. The largest absolute Gasteiger partial charge is 0.447 e. The third-order valence-electron chi connectivity index (χ3n) is 3.84. The Balaban J connectivity index is 1.85. The minimum Gasteiger partial charge on any atom is -0.447 e. The minimum atomic E-state index is -0.994. The van der Waals surface area contributed by atoms with Crippen LogP contribution in [0.1, 0.15) is 51.6 Å². The van der Waals surface area contributed by atoms with Gasteiger partial charge in [0.1, 0.15) is 12.4 Å². The average molecular weight is 323 g/mol. The van der Waals surface area contributed by atoms with Crippen molar-refractivity contribution < 1.29 is 19.1 Å². The highest BCUT2D eigenvalue weighted by Gasteiger charge is 2.26. The number of carbonyl (C=O) groups excluding carboxylic acids is 2. The molecule has 1 fully saturated rings. The van der Waals surface area contributed by atoms with Gasteiger partial charge in [0.05, 0.1) is 18.8 Å². The van der Waals surface area contributed by atoms with Gasteiger partial charge in [0.15, 0.2) is 0 Å². The molecule has 0 aliphatic carbocycles. The third kappa shape index (κ3) is 4.79. The molecule has 1 atom stereocenters. The summed E-state index contributed by atoms with van der Waals surface area (Å²) in [5, 5.41) is 12.4. The highest BCUT2D eigenvalue weighted by Crippen LogP contribution is 2.20. The number of hydrogen-bond acceptors (Lipinski definition) is 5. The molecule has 0 saturated carbocycles. The van der Waals surface area contributed by atoms with Gasteiger partial charge < -0.3 is 19.7 Å². The van der Waals surface area contributed by atoms with Crippen LogP contribution in [0.3, 0.4) is 0 Å². The van der Waals surface area contributed by atoms with E-state index in [4.69, 9.17) is 4.42 Å². The van der Waals surface area contributed by atoms with E-state index in [1.54, 1.807) is 6.26 Å². The van der Waals surface area contributed by atoms with E-state index in [0.29, 0.717) is 18.9 Å². The predicted octanol–water partition coefficient (Wildman–Crippen LogP) is 0.962. The number of oxazole rings is 1. The lowest BCUT2D eigenvalue weighted by molar-refractivity contribution is -0.142. The molecule has 2 amide bonds. The molecule has 7 nitrogen and oxygen atoms in total. The highest BCUT2D eigenvalue weighted by molar-refractivity contribution is 5.87. The van der Waals surface area contributed by atoms with Gasteiger partial charge in [-0.3, -0.25) is 9.59 Å². The van der Waals surface area contributed by atoms with Crippen molar-refractivity contribution in [2.75, 3.05) is 13.1 Å². The van der Waals surface area contributed by atoms with Crippen molar-refractivity contribution in [3.63, 3.8) is 0 Å². The Kier molecular flexibility index (Phi) is 5.41. The van der Waals surface area contributed by atoms with Crippen molar-refractivity contribution >= 4 is 11.8 Å². The molecule has 2 heterocycles. The van der Waals surface area contributed by atoms with Crippen molar-refractivity contribution in [1.29, 1.82) is 0 Å². The summed E-state index contributed by atoms with van der Waals surface area (Å²) in [5.74, 6) is -0.225. The van der Waals surface area contributed by atoms with Crippen LogP contribution in [0.4, 0.5) is 0 Å².